The number of hydrogen-bond donors (Lipinski definition) is 1. The Hall–Kier alpha value is -2.63. The lowest BCUT2D eigenvalue weighted by atomic mass is 9.85. The number of hydrogen-bond acceptors (Lipinski definition) is 3. The van der Waals surface area contributed by atoms with Crippen LogP contribution in [0.4, 0.5) is 0 Å². The summed E-state index contributed by atoms with van der Waals surface area (Å²) in [5, 5.41) is 3.59. The van der Waals surface area contributed by atoms with E-state index >= 15 is 0 Å². The van der Waals surface area contributed by atoms with Gasteiger partial charge in [-0.3, -0.25) is 9.59 Å². The van der Waals surface area contributed by atoms with E-state index in [-0.39, 0.29) is 24.2 Å². The number of ether oxygens (including phenoxy) is 1. The highest BCUT2D eigenvalue weighted by molar-refractivity contribution is 6.30. The summed E-state index contributed by atoms with van der Waals surface area (Å²) < 4.78 is 5.08. The van der Waals surface area contributed by atoms with Gasteiger partial charge in [0.05, 0.1) is 6.61 Å². The first-order chi connectivity index (χ1) is 13.6. The van der Waals surface area contributed by atoms with Crippen LogP contribution in [-0.2, 0) is 20.9 Å². The Morgan fingerprint density at radius 1 is 1.18 bits per heavy atom. The van der Waals surface area contributed by atoms with Gasteiger partial charge in [0.1, 0.15) is 0 Å². The average molecular weight is 399 g/mol. The van der Waals surface area contributed by atoms with Crippen LogP contribution in [0.25, 0.3) is 0 Å². The highest BCUT2D eigenvalue weighted by Crippen LogP contribution is 2.33. The normalized spacial score (nSPS) is 16.6. The lowest BCUT2D eigenvalue weighted by Crippen LogP contribution is -2.38. The fourth-order valence-electron chi connectivity index (χ4n) is 3.20. The molecule has 1 atom stereocenters. The molecule has 2 aromatic carbocycles. The van der Waals surface area contributed by atoms with E-state index in [0.717, 1.165) is 11.1 Å². The summed E-state index contributed by atoms with van der Waals surface area (Å²) in [6, 6.07) is 17.0. The van der Waals surface area contributed by atoms with Crippen molar-refractivity contribution in [2.45, 2.75) is 18.9 Å². The van der Waals surface area contributed by atoms with Gasteiger partial charge in [-0.1, -0.05) is 54.1 Å². The van der Waals surface area contributed by atoms with Gasteiger partial charge in [0.2, 0.25) is 11.8 Å². The summed E-state index contributed by atoms with van der Waals surface area (Å²) in [6.07, 6.45) is 1.89. The molecule has 28 heavy (non-hydrogen) atoms. The molecule has 6 heteroatoms. The molecule has 1 unspecified atom stereocenters. The van der Waals surface area contributed by atoms with E-state index in [2.05, 4.69) is 5.32 Å². The molecule has 5 nitrogen and oxygen atoms in total. The van der Waals surface area contributed by atoms with E-state index in [1.807, 2.05) is 42.5 Å². The van der Waals surface area contributed by atoms with Crippen LogP contribution >= 0.6 is 11.6 Å². The number of methoxy groups -OCH3 is 1. The highest BCUT2D eigenvalue weighted by Gasteiger charge is 2.32. The number of carbonyl (C=O) groups is 2. The average Bonchev–Trinajstić information content (AvgIpc) is 2.72. The molecule has 0 saturated heterocycles. The van der Waals surface area contributed by atoms with E-state index in [1.54, 1.807) is 30.3 Å². The number of nitrogens with zero attached hydrogens (tertiary/aromatic N) is 1. The number of amides is 2. The van der Waals surface area contributed by atoms with Crippen molar-refractivity contribution in [3.63, 3.8) is 0 Å². The Morgan fingerprint density at radius 2 is 1.89 bits per heavy atom. The molecule has 2 aromatic rings. The van der Waals surface area contributed by atoms with E-state index in [9.17, 15) is 9.59 Å². The summed E-state index contributed by atoms with van der Waals surface area (Å²) in [7, 11) is 1.59. The van der Waals surface area contributed by atoms with Crippen molar-refractivity contribution in [3.8, 4) is 0 Å². The van der Waals surface area contributed by atoms with Crippen LogP contribution in [0, 0.1) is 0 Å². The second kappa shape index (κ2) is 9.53. The third-order valence-corrected chi connectivity index (χ3v) is 4.99. The Morgan fingerprint density at radius 3 is 2.57 bits per heavy atom. The molecule has 1 N–H and O–H groups in total. The van der Waals surface area contributed by atoms with E-state index in [0.29, 0.717) is 30.3 Å². The first-order valence-corrected chi connectivity index (χ1v) is 9.54. The quantitative estimate of drug-likeness (QED) is 0.776. The maximum atomic E-state index is 13.0. The van der Waals surface area contributed by atoms with Gasteiger partial charge < -0.3 is 15.0 Å². The second-order valence-electron chi connectivity index (χ2n) is 6.64. The zero-order chi connectivity index (χ0) is 19.9. The molecule has 0 aromatic heterocycles. The molecule has 1 aliphatic rings. The van der Waals surface area contributed by atoms with E-state index in [1.165, 1.54) is 0 Å². The molecule has 0 bridgehead atoms. The Kier molecular flexibility index (Phi) is 6.85. The van der Waals surface area contributed by atoms with Gasteiger partial charge >= 0.3 is 0 Å². The molecule has 2 amide bonds. The van der Waals surface area contributed by atoms with Crippen LogP contribution in [0.15, 0.2) is 66.4 Å². The Balaban J connectivity index is 1.84. The SMILES string of the molecule is COCCN1C=C(C(=O)NCc2ccccc2)C(c2ccc(Cl)cc2)CC1=O. The summed E-state index contributed by atoms with van der Waals surface area (Å²) in [6.45, 7) is 1.25. The van der Waals surface area contributed by atoms with Crippen LogP contribution in [0.1, 0.15) is 23.5 Å². The fraction of sp³-hybridized carbons (Fsp3) is 0.273. The largest absolute Gasteiger partial charge is 0.383 e. The summed E-state index contributed by atoms with van der Waals surface area (Å²) >= 11 is 5.99. The van der Waals surface area contributed by atoms with Gasteiger partial charge in [-0.25, -0.2) is 0 Å². The van der Waals surface area contributed by atoms with Crippen molar-refractivity contribution in [2.75, 3.05) is 20.3 Å². The van der Waals surface area contributed by atoms with Crippen LogP contribution in [0.3, 0.4) is 0 Å². The zero-order valence-electron chi connectivity index (χ0n) is 15.7. The molecule has 0 spiro atoms. The zero-order valence-corrected chi connectivity index (χ0v) is 16.5. The Bertz CT molecular complexity index is 850. The minimum absolute atomic E-state index is 0.0309. The molecule has 0 radical (unpaired) electrons. The monoisotopic (exact) mass is 398 g/mol. The lowest BCUT2D eigenvalue weighted by molar-refractivity contribution is -0.130. The maximum Gasteiger partial charge on any atom is 0.249 e. The third-order valence-electron chi connectivity index (χ3n) is 4.74. The van der Waals surface area contributed by atoms with Crippen LogP contribution in [0.5, 0.6) is 0 Å². The minimum Gasteiger partial charge on any atom is -0.383 e. The molecule has 0 saturated carbocycles. The smallest absolute Gasteiger partial charge is 0.249 e. The molecule has 1 heterocycles. The fourth-order valence-corrected chi connectivity index (χ4v) is 3.33. The van der Waals surface area contributed by atoms with Gasteiger partial charge in [0.25, 0.3) is 0 Å². The van der Waals surface area contributed by atoms with Crippen LogP contribution in [0.2, 0.25) is 5.02 Å². The lowest BCUT2D eigenvalue weighted by Gasteiger charge is -2.30. The van der Waals surface area contributed by atoms with Gasteiger partial charge in [-0.15, -0.1) is 0 Å². The van der Waals surface area contributed by atoms with Crippen molar-refractivity contribution in [3.05, 3.63) is 82.5 Å². The van der Waals surface area contributed by atoms with Gasteiger partial charge in [0, 0.05) is 49.3 Å². The second-order valence-corrected chi connectivity index (χ2v) is 7.08. The summed E-state index contributed by atoms with van der Waals surface area (Å²) in [4.78, 5) is 27.1. The van der Waals surface area contributed by atoms with E-state index in [4.69, 9.17) is 16.3 Å². The molecular weight excluding hydrogens is 376 g/mol. The topological polar surface area (TPSA) is 58.6 Å². The van der Waals surface area contributed by atoms with Crippen molar-refractivity contribution in [1.82, 2.24) is 10.2 Å². The number of nitrogens with one attached hydrogen (secondary N) is 1. The predicted molar refractivity (Wildman–Crippen MR) is 109 cm³/mol. The number of rotatable bonds is 7. The van der Waals surface area contributed by atoms with Crippen LogP contribution < -0.4 is 5.32 Å². The predicted octanol–water partition coefficient (Wildman–Crippen LogP) is 3.50. The van der Waals surface area contributed by atoms with Crippen molar-refractivity contribution < 1.29 is 14.3 Å². The number of halogens is 1. The minimum atomic E-state index is -0.306. The highest BCUT2D eigenvalue weighted by atomic mass is 35.5. The first-order valence-electron chi connectivity index (χ1n) is 9.16. The van der Waals surface area contributed by atoms with Crippen molar-refractivity contribution in [1.29, 1.82) is 0 Å². The van der Waals surface area contributed by atoms with Crippen molar-refractivity contribution in [2.24, 2.45) is 0 Å². The standard InChI is InChI=1S/C22H23ClN2O3/c1-28-12-11-25-15-20(22(27)24-14-16-5-3-2-4-6-16)19(13-21(25)26)17-7-9-18(23)10-8-17/h2-10,15,19H,11-14H2,1H3,(H,24,27). The van der Waals surface area contributed by atoms with Gasteiger partial charge in [0.15, 0.2) is 0 Å². The number of benzene rings is 2. The molecular formula is C22H23ClN2O3. The molecule has 146 valence electrons. The molecule has 0 aliphatic carbocycles. The van der Waals surface area contributed by atoms with Gasteiger partial charge in [-0.2, -0.15) is 0 Å². The van der Waals surface area contributed by atoms with Crippen LogP contribution in [-0.4, -0.2) is 37.0 Å². The number of carbonyl (C=O) groups excluding carboxylic acids is 2. The third kappa shape index (κ3) is 5.00. The maximum absolute atomic E-state index is 13.0. The summed E-state index contributed by atoms with van der Waals surface area (Å²) in [5.74, 6) is -0.519. The van der Waals surface area contributed by atoms with Gasteiger partial charge in [-0.05, 0) is 23.3 Å². The summed E-state index contributed by atoms with van der Waals surface area (Å²) in [5.41, 5.74) is 2.47. The molecule has 1 aliphatic heterocycles. The molecule has 0 fully saturated rings. The molecule has 3 rings (SSSR count). The first kappa shape index (κ1) is 20.1. The Labute approximate surface area is 169 Å². The van der Waals surface area contributed by atoms with E-state index < -0.39 is 0 Å². The van der Waals surface area contributed by atoms with Crippen molar-refractivity contribution >= 4 is 23.4 Å².